The second-order valence-electron chi connectivity index (χ2n) is 5.92. The predicted octanol–water partition coefficient (Wildman–Crippen LogP) is 2.36. The Morgan fingerprint density at radius 2 is 1.95 bits per heavy atom. The van der Waals surface area contributed by atoms with Gasteiger partial charge < -0.3 is 15.1 Å². The summed E-state index contributed by atoms with van der Waals surface area (Å²) in [6.45, 7) is 11.7. The van der Waals surface area contributed by atoms with Gasteiger partial charge in [0, 0.05) is 43.5 Å². The number of aromatic nitrogens is 1. The van der Waals surface area contributed by atoms with Crippen molar-refractivity contribution < 1.29 is 0 Å². The van der Waals surface area contributed by atoms with Crippen LogP contribution in [0.5, 0.6) is 0 Å². The first kappa shape index (κ1) is 16.9. The normalized spacial score (nSPS) is 13.0. The third kappa shape index (κ3) is 5.10. The molecule has 0 spiro atoms. The van der Waals surface area contributed by atoms with Crippen LogP contribution < -0.4 is 10.2 Å². The number of hydrogen-bond acceptors (Lipinski definition) is 4. The van der Waals surface area contributed by atoms with Gasteiger partial charge in [-0.3, -0.25) is 0 Å². The Morgan fingerprint density at radius 1 is 1.25 bits per heavy atom. The van der Waals surface area contributed by atoms with E-state index in [1.54, 1.807) is 0 Å². The summed E-state index contributed by atoms with van der Waals surface area (Å²) in [5.74, 6) is 1.11. The van der Waals surface area contributed by atoms with Gasteiger partial charge in [0.2, 0.25) is 0 Å². The number of likely N-dealkylation sites (N-methyl/N-ethyl adjacent to an activating group) is 2. The predicted molar refractivity (Wildman–Crippen MR) is 87.2 cm³/mol. The highest BCUT2D eigenvalue weighted by atomic mass is 15.2. The summed E-state index contributed by atoms with van der Waals surface area (Å²) in [6, 6.07) is 5.12. The zero-order valence-electron chi connectivity index (χ0n) is 13.8. The SMILES string of the molecule is CCN(c1ncccc1CNC(C)C)C(C)CN(C)C. The molecule has 0 saturated carbocycles. The molecule has 0 radical (unpaired) electrons. The largest absolute Gasteiger partial charge is 0.353 e. The van der Waals surface area contributed by atoms with Crippen molar-refractivity contribution in [3.8, 4) is 0 Å². The van der Waals surface area contributed by atoms with Crippen molar-refractivity contribution in [2.45, 2.75) is 46.3 Å². The number of nitrogens with zero attached hydrogens (tertiary/aromatic N) is 3. The fraction of sp³-hybridized carbons (Fsp3) is 0.688. The summed E-state index contributed by atoms with van der Waals surface area (Å²) >= 11 is 0. The maximum absolute atomic E-state index is 4.62. The van der Waals surface area contributed by atoms with E-state index >= 15 is 0 Å². The molecule has 0 aliphatic heterocycles. The summed E-state index contributed by atoms with van der Waals surface area (Å²) in [5.41, 5.74) is 1.27. The lowest BCUT2D eigenvalue weighted by Gasteiger charge is -2.32. The van der Waals surface area contributed by atoms with Crippen molar-refractivity contribution in [1.29, 1.82) is 0 Å². The fourth-order valence-corrected chi connectivity index (χ4v) is 2.44. The third-order valence-corrected chi connectivity index (χ3v) is 3.34. The van der Waals surface area contributed by atoms with Gasteiger partial charge in [0.1, 0.15) is 5.82 Å². The fourth-order valence-electron chi connectivity index (χ4n) is 2.44. The maximum Gasteiger partial charge on any atom is 0.133 e. The first-order valence-corrected chi connectivity index (χ1v) is 7.54. The van der Waals surface area contributed by atoms with Crippen LogP contribution in [0.3, 0.4) is 0 Å². The molecule has 4 heteroatoms. The molecule has 1 aromatic heterocycles. The van der Waals surface area contributed by atoms with E-state index in [1.807, 2.05) is 12.3 Å². The molecule has 4 nitrogen and oxygen atoms in total. The summed E-state index contributed by atoms with van der Waals surface area (Å²) in [5, 5.41) is 3.48. The van der Waals surface area contributed by atoms with Crippen molar-refractivity contribution in [2.75, 3.05) is 32.1 Å². The average Bonchev–Trinajstić information content (AvgIpc) is 2.37. The maximum atomic E-state index is 4.62. The molecule has 0 aliphatic rings. The van der Waals surface area contributed by atoms with Crippen LogP contribution in [0.25, 0.3) is 0 Å². The van der Waals surface area contributed by atoms with Crippen LogP contribution in [-0.4, -0.2) is 49.2 Å². The molecule has 0 amide bonds. The molecule has 1 aromatic rings. The summed E-state index contributed by atoms with van der Waals surface area (Å²) in [4.78, 5) is 9.23. The molecular weight excluding hydrogens is 248 g/mol. The lowest BCUT2D eigenvalue weighted by atomic mass is 10.2. The van der Waals surface area contributed by atoms with Crippen LogP contribution in [0.1, 0.15) is 33.3 Å². The van der Waals surface area contributed by atoms with Crippen molar-refractivity contribution >= 4 is 5.82 Å². The lowest BCUT2D eigenvalue weighted by molar-refractivity contribution is 0.372. The van der Waals surface area contributed by atoms with Crippen molar-refractivity contribution in [3.05, 3.63) is 23.9 Å². The van der Waals surface area contributed by atoms with Gasteiger partial charge in [-0.05, 0) is 34.0 Å². The molecule has 1 unspecified atom stereocenters. The van der Waals surface area contributed by atoms with Gasteiger partial charge >= 0.3 is 0 Å². The van der Waals surface area contributed by atoms with Crippen molar-refractivity contribution in [2.24, 2.45) is 0 Å². The van der Waals surface area contributed by atoms with Crippen LogP contribution in [0.4, 0.5) is 5.82 Å². The minimum Gasteiger partial charge on any atom is -0.353 e. The second kappa shape index (κ2) is 8.22. The topological polar surface area (TPSA) is 31.4 Å². The average molecular weight is 278 g/mol. The van der Waals surface area contributed by atoms with Gasteiger partial charge in [0.15, 0.2) is 0 Å². The number of hydrogen-bond donors (Lipinski definition) is 1. The Hall–Kier alpha value is -1.13. The smallest absolute Gasteiger partial charge is 0.133 e. The summed E-state index contributed by atoms with van der Waals surface area (Å²) < 4.78 is 0. The molecule has 0 fully saturated rings. The van der Waals surface area contributed by atoms with E-state index in [4.69, 9.17) is 0 Å². The molecule has 20 heavy (non-hydrogen) atoms. The molecule has 0 saturated heterocycles. The molecular formula is C16H30N4. The Kier molecular flexibility index (Phi) is 6.96. The highest BCUT2D eigenvalue weighted by molar-refractivity contribution is 5.47. The van der Waals surface area contributed by atoms with Gasteiger partial charge in [-0.15, -0.1) is 0 Å². The number of anilines is 1. The lowest BCUT2D eigenvalue weighted by Crippen LogP contribution is -2.41. The van der Waals surface area contributed by atoms with Gasteiger partial charge in [0.05, 0.1) is 0 Å². The molecule has 0 aromatic carbocycles. The molecule has 0 bridgehead atoms. The highest BCUT2D eigenvalue weighted by Gasteiger charge is 2.17. The molecule has 1 N–H and O–H groups in total. The standard InChI is InChI=1S/C16H30N4/c1-7-20(14(4)12-19(5)6)16-15(9-8-10-17-16)11-18-13(2)3/h8-10,13-14,18H,7,11-12H2,1-6H3. The second-order valence-corrected chi connectivity index (χ2v) is 5.92. The van der Waals surface area contributed by atoms with E-state index in [9.17, 15) is 0 Å². The van der Waals surface area contributed by atoms with Crippen molar-refractivity contribution in [1.82, 2.24) is 15.2 Å². The van der Waals surface area contributed by atoms with E-state index in [0.717, 1.165) is 25.5 Å². The monoisotopic (exact) mass is 278 g/mol. The van der Waals surface area contributed by atoms with E-state index in [2.05, 4.69) is 68.0 Å². The number of rotatable bonds is 8. The number of nitrogens with one attached hydrogen (secondary N) is 1. The first-order chi connectivity index (χ1) is 9.45. The Balaban J connectivity index is 2.90. The highest BCUT2D eigenvalue weighted by Crippen LogP contribution is 2.19. The van der Waals surface area contributed by atoms with Crippen LogP contribution in [0, 0.1) is 0 Å². The molecule has 1 rings (SSSR count). The van der Waals surface area contributed by atoms with E-state index in [0.29, 0.717) is 12.1 Å². The first-order valence-electron chi connectivity index (χ1n) is 7.54. The zero-order chi connectivity index (χ0) is 15.1. The Bertz CT molecular complexity index is 390. The van der Waals surface area contributed by atoms with Crippen LogP contribution in [0.15, 0.2) is 18.3 Å². The van der Waals surface area contributed by atoms with Crippen LogP contribution in [0.2, 0.25) is 0 Å². The molecule has 1 atom stereocenters. The van der Waals surface area contributed by atoms with E-state index in [1.165, 1.54) is 5.56 Å². The summed E-state index contributed by atoms with van der Waals surface area (Å²) in [7, 11) is 4.23. The van der Waals surface area contributed by atoms with Gasteiger partial charge in [-0.2, -0.15) is 0 Å². The quantitative estimate of drug-likeness (QED) is 0.791. The van der Waals surface area contributed by atoms with Crippen LogP contribution >= 0.6 is 0 Å². The Labute approximate surface area is 124 Å². The van der Waals surface area contributed by atoms with Gasteiger partial charge in [0.25, 0.3) is 0 Å². The Morgan fingerprint density at radius 3 is 2.50 bits per heavy atom. The van der Waals surface area contributed by atoms with Gasteiger partial charge in [-0.25, -0.2) is 4.98 Å². The number of pyridine rings is 1. The molecule has 1 heterocycles. The molecule has 114 valence electrons. The van der Waals surface area contributed by atoms with E-state index in [-0.39, 0.29) is 0 Å². The van der Waals surface area contributed by atoms with Crippen molar-refractivity contribution in [3.63, 3.8) is 0 Å². The third-order valence-electron chi connectivity index (χ3n) is 3.34. The minimum atomic E-state index is 0.447. The zero-order valence-corrected chi connectivity index (χ0v) is 13.8. The van der Waals surface area contributed by atoms with Crippen LogP contribution in [-0.2, 0) is 6.54 Å². The van der Waals surface area contributed by atoms with Gasteiger partial charge in [-0.1, -0.05) is 19.9 Å². The summed E-state index contributed by atoms with van der Waals surface area (Å²) in [6.07, 6.45) is 1.89. The molecule has 0 aliphatic carbocycles. The minimum absolute atomic E-state index is 0.447. The van der Waals surface area contributed by atoms with E-state index < -0.39 is 0 Å².